The van der Waals surface area contributed by atoms with E-state index in [1.165, 1.54) is 6.07 Å². The van der Waals surface area contributed by atoms with Gasteiger partial charge in [0, 0.05) is 11.8 Å². The number of hydrogen-bond donors (Lipinski definition) is 0. The molecule has 4 heteroatoms. The van der Waals surface area contributed by atoms with Gasteiger partial charge in [0.15, 0.2) is 0 Å². The number of esters is 1. The summed E-state index contributed by atoms with van der Waals surface area (Å²) in [6, 6.07) is 13.6. The van der Waals surface area contributed by atoms with E-state index >= 15 is 0 Å². The van der Waals surface area contributed by atoms with Crippen molar-refractivity contribution in [1.29, 1.82) is 0 Å². The van der Waals surface area contributed by atoms with Gasteiger partial charge < -0.3 is 4.74 Å². The quantitative estimate of drug-likeness (QED) is 0.679. The molecule has 0 radical (unpaired) electrons. The van der Waals surface area contributed by atoms with Crippen LogP contribution in [0.4, 0.5) is 4.39 Å². The topological polar surface area (TPSA) is 39.2 Å². The lowest BCUT2D eigenvalue weighted by Gasteiger charge is -2.11. The standard InChI is InChI=1S/C18H14FNO2/c1-2-22-18(21)15-10-9-14(12-6-3-4-7-13(12)15)17-16(19)8-5-11-20-17/h3-11H,2H2,1H3. The lowest BCUT2D eigenvalue weighted by atomic mass is 9.97. The highest BCUT2D eigenvalue weighted by Crippen LogP contribution is 2.31. The van der Waals surface area contributed by atoms with Gasteiger partial charge in [0.05, 0.1) is 12.2 Å². The Morgan fingerprint density at radius 2 is 1.86 bits per heavy atom. The maximum absolute atomic E-state index is 14.0. The van der Waals surface area contributed by atoms with Crippen molar-refractivity contribution in [2.75, 3.05) is 6.61 Å². The number of carbonyl (C=O) groups is 1. The largest absolute Gasteiger partial charge is 0.462 e. The van der Waals surface area contributed by atoms with Crippen LogP contribution in [0.25, 0.3) is 22.0 Å². The van der Waals surface area contributed by atoms with Gasteiger partial charge in [-0.1, -0.05) is 30.3 Å². The number of aromatic nitrogens is 1. The van der Waals surface area contributed by atoms with Crippen LogP contribution in [0.15, 0.2) is 54.7 Å². The summed E-state index contributed by atoms with van der Waals surface area (Å²) < 4.78 is 19.1. The molecule has 0 saturated heterocycles. The Balaban J connectivity index is 2.25. The summed E-state index contributed by atoms with van der Waals surface area (Å²) in [6.45, 7) is 2.07. The molecule has 22 heavy (non-hydrogen) atoms. The van der Waals surface area contributed by atoms with Crippen molar-refractivity contribution in [2.45, 2.75) is 6.92 Å². The summed E-state index contributed by atoms with van der Waals surface area (Å²) in [4.78, 5) is 16.2. The maximum Gasteiger partial charge on any atom is 0.338 e. The maximum atomic E-state index is 14.0. The second-order valence-corrected chi connectivity index (χ2v) is 4.76. The molecule has 0 aliphatic carbocycles. The SMILES string of the molecule is CCOC(=O)c1ccc(-c2ncccc2F)c2ccccc12. The molecule has 0 bridgehead atoms. The predicted molar refractivity (Wildman–Crippen MR) is 83.1 cm³/mol. The van der Waals surface area contributed by atoms with Crippen LogP contribution >= 0.6 is 0 Å². The van der Waals surface area contributed by atoms with Gasteiger partial charge in [0.25, 0.3) is 0 Å². The summed E-state index contributed by atoms with van der Waals surface area (Å²) in [5.41, 5.74) is 1.40. The fourth-order valence-electron chi connectivity index (χ4n) is 2.48. The molecule has 0 spiro atoms. The van der Waals surface area contributed by atoms with Crippen molar-refractivity contribution in [3.8, 4) is 11.3 Å². The summed E-state index contributed by atoms with van der Waals surface area (Å²) in [7, 11) is 0. The Kier molecular flexibility index (Phi) is 3.83. The second-order valence-electron chi connectivity index (χ2n) is 4.76. The molecule has 110 valence electrons. The number of hydrogen-bond acceptors (Lipinski definition) is 3. The van der Waals surface area contributed by atoms with E-state index in [4.69, 9.17) is 4.74 Å². The molecule has 0 unspecified atom stereocenters. The van der Waals surface area contributed by atoms with E-state index in [1.807, 2.05) is 24.3 Å². The number of nitrogens with zero attached hydrogens (tertiary/aromatic N) is 1. The molecule has 1 aromatic heterocycles. The highest BCUT2D eigenvalue weighted by atomic mass is 19.1. The molecule has 0 amide bonds. The summed E-state index contributed by atoms with van der Waals surface area (Å²) in [5, 5.41) is 1.49. The van der Waals surface area contributed by atoms with Crippen molar-refractivity contribution >= 4 is 16.7 Å². The Bertz CT molecular complexity index is 845. The van der Waals surface area contributed by atoms with E-state index in [1.54, 1.807) is 31.3 Å². The molecule has 3 rings (SSSR count). The van der Waals surface area contributed by atoms with Crippen LogP contribution in [-0.4, -0.2) is 17.6 Å². The number of carbonyl (C=O) groups excluding carboxylic acids is 1. The minimum absolute atomic E-state index is 0.272. The van der Waals surface area contributed by atoms with Gasteiger partial charge in [0.1, 0.15) is 11.5 Å². The van der Waals surface area contributed by atoms with Crippen LogP contribution in [0.5, 0.6) is 0 Å². The zero-order chi connectivity index (χ0) is 15.5. The van der Waals surface area contributed by atoms with Crippen molar-refractivity contribution in [3.63, 3.8) is 0 Å². The summed E-state index contributed by atoms with van der Waals surface area (Å²) in [5.74, 6) is -0.775. The number of pyridine rings is 1. The zero-order valence-electron chi connectivity index (χ0n) is 12.0. The number of halogens is 1. The molecule has 0 saturated carbocycles. The van der Waals surface area contributed by atoms with Gasteiger partial charge in [-0.25, -0.2) is 9.18 Å². The minimum Gasteiger partial charge on any atom is -0.462 e. The van der Waals surface area contributed by atoms with Crippen molar-refractivity contribution in [3.05, 3.63) is 66.1 Å². The van der Waals surface area contributed by atoms with Crippen molar-refractivity contribution in [1.82, 2.24) is 4.98 Å². The van der Waals surface area contributed by atoms with Crippen LogP contribution in [0, 0.1) is 5.82 Å². The Labute approximate surface area is 127 Å². The molecule has 3 nitrogen and oxygen atoms in total. The van der Waals surface area contributed by atoms with Crippen molar-refractivity contribution < 1.29 is 13.9 Å². The van der Waals surface area contributed by atoms with E-state index in [2.05, 4.69) is 4.98 Å². The first-order valence-electron chi connectivity index (χ1n) is 7.02. The van der Waals surface area contributed by atoms with E-state index in [0.29, 0.717) is 17.7 Å². The molecule has 3 aromatic rings. The number of rotatable bonds is 3. The third-order valence-corrected chi connectivity index (χ3v) is 3.43. The third-order valence-electron chi connectivity index (χ3n) is 3.43. The number of benzene rings is 2. The fourth-order valence-corrected chi connectivity index (χ4v) is 2.48. The summed E-state index contributed by atoms with van der Waals surface area (Å²) >= 11 is 0. The van der Waals surface area contributed by atoms with Crippen LogP contribution in [-0.2, 0) is 4.74 Å². The Hall–Kier alpha value is -2.75. The smallest absolute Gasteiger partial charge is 0.338 e. The van der Waals surface area contributed by atoms with E-state index in [0.717, 1.165) is 10.8 Å². The Morgan fingerprint density at radius 3 is 2.59 bits per heavy atom. The molecule has 2 aromatic carbocycles. The van der Waals surface area contributed by atoms with E-state index in [-0.39, 0.29) is 11.7 Å². The zero-order valence-corrected chi connectivity index (χ0v) is 12.0. The third kappa shape index (κ3) is 2.44. The van der Waals surface area contributed by atoms with Crippen molar-refractivity contribution in [2.24, 2.45) is 0 Å². The second kappa shape index (κ2) is 5.93. The molecule has 0 fully saturated rings. The molecule has 0 atom stereocenters. The first-order valence-corrected chi connectivity index (χ1v) is 7.02. The Morgan fingerprint density at radius 1 is 1.09 bits per heavy atom. The number of ether oxygens (including phenoxy) is 1. The lowest BCUT2D eigenvalue weighted by Crippen LogP contribution is -2.05. The van der Waals surface area contributed by atoms with Gasteiger partial charge >= 0.3 is 5.97 Å². The van der Waals surface area contributed by atoms with Gasteiger partial charge in [-0.3, -0.25) is 4.98 Å². The minimum atomic E-state index is -0.392. The first-order chi connectivity index (χ1) is 10.7. The average Bonchev–Trinajstić information content (AvgIpc) is 2.55. The number of fused-ring (bicyclic) bond motifs is 1. The van der Waals surface area contributed by atoms with E-state index < -0.39 is 5.82 Å². The molecule has 1 heterocycles. The first kappa shape index (κ1) is 14.2. The molecular formula is C18H14FNO2. The normalized spacial score (nSPS) is 10.6. The molecule has 0 N–H and O–H groups in total. The van der Waals surface area contributed by atoms with Crippen LogP contribution in [0.3, 0.4) is 0 Å². The molecular weight excluding hydrogens is 281 g/mol. The summed E-state index contributed by atoms with van der Waals surface area (Å²) in [6.07, 6.45) is 1.55. The van der Waals surface area contributed by atoms with Crippen LogP contribution in [0.2, 0.25) is 0 Å². The monoisotopic (exact) mass is 295 g/mol. The van der Waals surface area contributed by atoms with Crippen LogP contribution < -0.4 is 0 Å². The van der Waals surface area contributed by atoms with Gasteiger partial charge in [-0.05, 0) is 35.9 Å². The van der Waals surface area contributed by atoms with Crippen LogP contribution in [0.1, 0.15) is 17.3 Å². The lowest BCUT2D eigenvalue weighted by molar-refractivity contribution is 0.0528. The molecule has 0 aliphatic rings. The highest BCUT2D eigenvalue weighted by molar-refractivity contribution is 6.08. The van der Waals surface area contributed by atoms with Gasteiger partial charge in [-0.2, -0.15) is 0 Å². The average molecular weight is 295 g/mol. The van der Waals surface area contributed by atoms with E-state index in [9.17, 15) is 9.18 Å². The van der Waals surface area contributed by atoms with Gasteiger partial charge in [-0.15, -0.1) is 0 Å². The molecule has 0 aliphatic heterocycles. The highest BCUT2D eigenvalue weighted by Gasteiger charge is 2.16. The fraction of sp³-hybridized carbons (Fsp3) is 0.111. The predicted octanol–water partition coefficient (Wildman–Crippen LogP) is 4.22. The van der Waals surface area contributed by atoms with Gasteiger partial charge in [0.2, 0.25) is 0 Å².